The van der Waals surface area contributed by atoms with E-state index >= 15 is 0 Å². The van der Waals surface area contributed by atoms with Crippen LogP contribution in [0.1, 0.15) is 17.0 Å². The van der Waals surface area contributed by atoms with Crippen molar-refractivity contribution in [2.75, 3.05) is 13.2 Å². The molecule has 0 spiro atoms. The van der Waals surface area contributed by atoms with Gasteiger partial charge in [0.25, 0.3) is 5.91 Å². The topological polar surface area (TPSA) is 64.4 Å². The Morgan fingerprint density at radius 3 is 2.63 bits per heavy atom. The van der Waals surface area contributed by atoms with Crippen molar-refractivity contribution in [2.24, 2.45) is 0 Å². The largest absolute Gasteiger partial charge is 0.484 e. The first-order chi connectivity index (χ1) is 13.0. The maximum Gasteiger partial charge on any atom is 0.257 e. The first kappa shape index (κ1) is 18.6. The Balaban J connectivity index is 1.49. The lowest BCUT2D eigenvalue weighted by molar-refractivity contribution is -0.123. The Kier molecular flexibility index (Phi) is 5.86. The van der Waals surface area contributed by atoms with Gasteiger partial charge >= 0.3 is 0 Å². The zero-order chi connectivity index (χ0) is 19.2. The average Bonchev–Trinajstić information content (AvgIpc) is 3.02. The highest BCUT2D eigenvalue weighted by molar-refractivity contribution is 5.77. The lowest BCUT2D eigenvalue weighted by atomic mass is 10.2. The molecule has 0 aliphatic heterocycles. The van der Waals surface area contributed by atoms with Crippen LogP contribution in [0.15, 0.2) is 52.9 Å². The summed E-state index contributed by atoms with van der Waals surface area (Å²) in [5, 5.41) is 2.78. The Hall–Kier alpha value is -3.15. The predicted octanol–water partition coefficient (Wildman–Crippen LogP) is 3.84. The van der Waals surface area contributed by atoms with Crippen molar-refractivity contribution in [3.63, 3.8) is 0 Å². The van der Waals surface area contributed by atoms with Crippen LogP contribution in [-0.2, 0) is 11.2 Å². The van der Waals surface area contributed by atoms with E-state index in [2.05, 4.69) is 10.3 Å². The molecule has 0 atom stereocenters. The summed E-state index contributed by atoms with van der Waals surface area (Å²) in [7, 11) is 0. The first-order valence-corrected chi connectivity index (χ1v) is 8.70. The molecule has 5 nitrogen and oxygen atoms in total. The number of oxazole rings is 1. The Morgan fingerprint density at radius 1 is 1.15 bits per heavy atom. The van der Waals surface area contributed by atoms with Gasteiger partial charge in [0.15, 0.2) is 6.61 Å². The number of nitrogens with zero attached hydrogens (tertiary/aromatic N) is 1. The van der Waals surface area contributed by atoms with E-state index in [0.717, 1.165) is 5.56 Å². The summed E-state index contributed by atoms with van der Waals surface area (Å²) >= 11 is 0. The highest BCUT2D eigenvalue weighted by Crippen LogP contribution is 2.24. The van der Waals surface area contributed by atoms with Crippen molar-refractivity contribution in [1.82, 2.24) is 10.3 Å². The van der Waals surface area contributed by atoms with E-state index in [1.807, 2.05) is 31.2 Å². The second-order valence-electron chi connectivity index (χ2n) is 6.20. The summed E-state index contributed by atoms with van der Waals surface area (Å²) in [5.74, 6) is 0.906. The number of carbonyl (C=O) groups excluding carboxylic acids is 1. The minimum atomic E-state index is -0.383. The van der Waals surface area contributed by atoms with E-state index in [9.17, 15) is 9.18 Å². The molecule has 0 saturated heterocycles. The zero-order valence-electron chi connectivity index (χ0n) is 15.3. The van der Waals surface area contributed by atoms with E-state index in [-0.39, 0.29) is 24.2 Å². The predicted molar refractivity (Wildman–Crippen MR) is 100 cm³/mol. The Labute approximate surface area is 157 Å². The minimum Gasteiger partial charge on any atom is -0.484 e. The summed E-state index contributed by atoms with van der Waals surface area (Å²) in [6, 6.07) is 13.8. The van der Waals surface area contributed by atoms with Gasteiger partial charge in [0, 0.05) is 13.0 Å². The molecule has 3 aromatic rings. The summed E-state index contributed by atoms with van der Waals surface area (Å²) in [4.78, 5) is 16.3. The van der Waals surface area contributed by atoms with Crippen LogP contribution in [0.2, 0.25) is 0 Å². The van der Waals surface area contributed by atoms with E-state index < -0.39 is 0 Å². The van der Waals surface area contributed by atoms with Gasteiger partial charge in [-0.1, -0.05) is 29.8 Å². The van der Waals surface area contributed by atoms with E-state index in [4.69, 9.17) is 9.15 Å². The van der Waals surface area contributed by atoms with Crippen LogP contribution in [0.4, 0.5) is 4.39 Å². The number of hydrogen-bond acceptors (Lipinski definition) is 4. The smallest absolute Gasteiger partial charge is 0.257 e. The summed E-state index contributed by atoms with van der Waals surface area (Å²) in [5.41, 5.74) is 2.14. The fourth-order valence-corrected chi connectivity index (χ4v) is 2.56. The molecule has 1 aromatic heterocycles. The molecule has 6 heteroatoms. The second-order valence-corrected chi connectivity index (χ2v) is 6.20. The maximum atomic E-state index is 13.9. The molecule has 0 unspecified atom stereocenters. The van der Waals surface area contributed by atoms with Crippen molar-refractivity contribution >= 4 is 5.91 Å². The van der Waals surface area contributed by atoms with Gasteiger partial charge in [0.1, 0.15) is 17.3 Å². The van der Waals surface area contributed by atoms with Crippen LogP contribution in [0.3, 0.4) is 0 Å². The van der Waals surface area contributed by atoms with Crippen LogP contribution in [-0.4, -0.2) is 24.0 Å². The molecule has 140 valence electrons. The Bertz CT molecular complexity index is 919. The average molecular weight is 368 g/mol. The van der Waals surface area contributed by atoms with Gasteiger partial charge in [-0.2, -0.15) is 0 Å². The molecule has 2 aromatic carbocycles. The van der Waals surface area contributed by atoms with Crippen LogP contribution in [0.5, 0.6) is 5.75 Å². The van der Waals surface area contributed by atoms with Crippen molar-refractivity contribution in [1.29, 1.82) is 0 Å². The number of halogens is 1. The van der Waals surface area contributed by atoms with Gasteiger partial charge in [-0.3, -0.25) is 4.79 Å². The molecule has 0 bridgehead atoms. The second kappa shape index (κ2) is 8.49. The van der Waals surface area contributed by atoms with Gasteiger partial charge in [0.05, 0.1) is 11.3 Å². The van der Waals surface area contributed by atoms with Gasteiger partial charge in [-0.15, -0.1) is 0 Å². The number of benzene rings is 2. The van der Waals surface area contributed by atoms with Crippen LogP contribution in [0.25, 0.3) is 11.5 Å². The van der Waals surface area contributed by atoms with Crippen LogP contribution >= 0.6 is 0 Å². The molecular weight excluding hydrogens is 347 g/mol. The molecule has 1 heterocycles. The fourth-order valence-electron chi connectivity index (χ4n) is 2.56. The number of aryl methyl sites for hydroxylation is 2. The number of rotatable bonds is 7. The van der Waals surface area contributed by atoms with Gasteiger partial charge in [-0.25, -0.2) is 9.37 Å². The van der Waals surface area contributed by atoms with Crippen molar-refractivity contribution in [3.8, 4) is 17.2 Å². The number of aromatic nitrogens is 1. The first-order valence-electron chi connectivity index (χ1n) is 8.70. The highest BCUT2D eigenvalue weighted by atomic mass is 19.1. The van der Waals surface area contributed by atoms with Gasteiger partial charge < -0.3 is 14.5 Å². The summed E-state index contributed by atoms with van der Waals surface area (Å²) in [6.45, 7) is 4.09. The zero-order valence-corrected chi connectivity index (χ0v) is 15.3. The minimum absolute atomic E-state index is 0.0542. The summed E-state index contributed by atoms with van der Waals surface area (Å²) < 4.78 is 24.9. The fraction of sp³-hybridized carbons (Fsp3) is 0.238. The lowest BCUT2D eigenvalue weighted by Crippen LogP contribution is -2.30. The summed E-state index contributed by atoms with van der Waals surface area (Å²) in [6.07, 6.45) is 0.486. The molecule has 0 fully saturated rings. The van der Waals surface area contributed by atoms with Crippen molar-refractivity contribution in [3.05, 3.63) is 71.4 Å². The standard InChI is InChI=1S/C21H21FN2O3/c1-14-7-9-16(10-8-14)26-13-20(25)23-12-11-19-15(2)27-21(24-19)17-5-3-4-6-18(17)22/h3-10H,11-13H2,1-2H3,(H,23,25). The Morgan fingerprint density at radius 2 is 1.89 bits per heavy atom. The number of amides is 1. The third-order valence-electron chi connectivity index (χ3n) is 4.07. The SMILES string of the molecule is Cc1ccc(OCC(=O)NCCc2nc(-c3ccccc3F)oc2C)cc1. The number of carbonyl (C=O) groups is 1. The lowest BCUT2D eigenvalue weighted by Gasteiger charge is -2.07. The monoisotopic (exact) mass is 368 g/mol. The molecule has 27 heavy (non-hydrogen) atoms. The molecule has 0 saturated carbocycles. The molecular formula is C21H21FN2O3. The quantitative estimate of drug-likeness (QED) is 0.688. The number of hydrogen-bond donors (Lipinski definition) is 1. The van der Waals surface area contributed by atoms with Gasteiger partial charge in [-0.05, 0) is 38.1 Å². The third-order valence-corrected chi connectivity index (χ3v) is 4.07. The molecule has 1 N–H and O–H groups in total. The van der Waals surface area contributed by atoms with E-state index in [1.165, 1.54) is 6.07 Å². The molecule has 0 aliphatic carbocycles. The highest BCUT2D eigenvalue weighted by Gasteiger charge is 2.14. The van der Waals surface area contributed by atoms with E-state index in [1.54, 1.807) is 25.1 Å². The van der Waals surface area contributed by atoms with Crippen molar-refractivity contribution in [2.45, 2.75) is 20.3 Å². The number of nitrogens with one attached hydrogen (secondary N) is 1. The van der Waals surface area contributed by atoms with Crippen LogP contribution < -0.4 is 10.1 Å². The maximum absolute atomic E-state index is 13.9. The normalized spacial score (nSPS) is 10.6. The van der Waals surface area contributed by atoms with Crippen molar-refractivity contribution < 1.29 is 18.3 Å². The molecule has 1 amide bonds. The van der Waals surface area contributed by atoms with E-state index in [0.29, 0.717) is 35.7 Å². The molecule has 0 radical (unpaired) electrons. The van der Waals surface area contributed by atoms with Gasteiger partial charge in [0.2, 0.25) is 5.89 Å². The molecule has 0 aliphatic rings. The third kappa shape index (κ3) is 4.94. The number of ether oxygens (including phenoxy) is 1. The molecule has 3 rings (SSSR count). The van der Waals surface area contributed by atoms with Crippen LogP contribution in [0, 0.1) is 19.7 Å².